The topological polar surface area (TPSA) is 74.6 Å². The van der Waals surface area contributed by atoms with Crippen molar-refractivity contribution in [1.82, 2.24) is 0 Å². The summed E-state index contributed by atoms with van der Waals surface area (Å²) >= 11 is 0. The van der Waals surface area contributed by atoms with Crippen molar-refractivity contribution in [3.05, 3.63) is 11.6 Å². The number of hydrogen-bond donors (Lipinski definition) is 2. The Balaban J connectivity index is 0. The van der Waals surface area contributed by atoms with E-state index in [1.54, 1.807) is 0 Å². The van der Waals surface area contributed by atoms with Crippen LogP contribution in [0.3, 0.4) is 0 Å². The fourth-order valence-corrected chi connectivity index (χ4v) is 0.247. The van der Waals surface area contributed by atoms with Gasteiger partial charge in [0, 0.05) is 11.6 Å². The first-order chi connectivity index (χ1) is 4.04. The monoisotopic (exact) mass is 154 g/mol. The molecule has 52 valence electrons. The average Bonchev–Trinajstić information content (AvgIpc) is 1.63. The minimum absolute atomic E-state index is 0. The summed E-state index contributed by atoms with van der Waals surface area (Å²) in [6, 6.07) is 0. The van der Waals surface area contributed by atoms with Gasteiger partial charge in [0.15, 0.2) is 0 Å². The molecule has 0 amide bonds. The standard InChI is InChI=1S/C5H6O4.Na.H/c1-3(5(8)9)2-4(6)7;;/h2H,1H3,(H,6,7)(H,8,9);;. The summed E-state index contributed by atoms with van der Waals surface area (Å²) in [4.78, 5) is 19.7. The molecule has 2 N–H and O–H groups in total. The molecule has 0 unspecified atom stereocenters. The average molecular weight is 154 g/mol. The fraction of sp³-hybridized carbons (Fsp3) is 0.200. The molecule has 0 aromatic heterocycles. The van der Waals surface area contributed by atoms with Crippen LogP contribution in [0.2, 0.25) is 0 Å². The second-order valence-corrected chi connectivity index (χ2v) is 1.47. The number of rotatable bonds is 2. The van der Waals surface area contributed by atoms with Crippen molar-refractivity contribution in [3.63, 3.8) is 0 Å². The quantitative estimate of drug-likeness (QED) is 0.413. The van der Waals surface area contributed by atoms with Crippen LogP contribution in [0.4, 0.5) is 0 Å². The molecule has 0 aliphatic rings. The third kappa shape index (κ3) is 5.81. The molecule has 0 rings (SSSR count). The molecule has 0 heterocycles. The van der Waals surface area contributed by atoms with Gasteiger partial charge in [-0.2, -0.15) is 0 Å². The summed E-state index contributed by atoms with van der Waals surface area (Å²) in [5, 5.41) is 16.1. The first-order valence-corrected chi connectivity index (χ1v) is 2.18. The number of aliphatic carboxylic acids is 2. The van der Waals surface area contributed by atoms with Gasteiger partial charge in [0.05, 0.1) is 0 Å². The molecule has 0 saturated carbocycles. The molecule has 10 heavy (non-hydrogen) atoms. The van der Waals surface area contributed by atoms with E-state index in [1.807, 2.05) is 0 Å². The van der Waals surface area contributed by atoms with Gasteiger partial charge in [0.2, 0.25) is 0 Å². The van der Waals surface area contributed by atoms with Crippen LogP contribution in [0.1, 0.15) is 6.92 Å². The molecule has 4 nitrogen and oxygen atoms in total. The van der Waals surface area contributed by atoms with Crippen LogP contribution in [0.25, 0.3) is 0 Å². The summed E-state index contributed by atoms with van der Waals surface area (Å²) < 4.78 is 0. The third-order valence-corrected chi connectivity index (χ3v) is 0.677. The van der Waals surface area contributed by atoms with Crippen LogP contribution >= 0.6 is 0 Å². The Morgan fingerprint density at radius 1 is 1.30 bits per heavy atom. The van der Waals surface area contributed by atoms with Crippen LogP contribution < -0.4 is 0 Å². The number of carboxylic acid groups (broad SMARTS) is 2. The van der Waals surface area contributed by atoms with Gasteiger partial charge in [-0.1, -0.05) is 0 Å². The van der Waals surface area contributed by atoms with E-state index < -0.39 is 11.9 Å². The summed E-state index contributed by atoms with van der Waals surface area (Å²) in [6.07, 6.45) is 0.641. The zero-order chi connectivity index (χ0) is 7.44. The van der Waals surface area contributed by atoms with Crippen molar-refractivity contribution < 1.29 is 19.8 Å². The molecule has 0 saturated heterocycles. The van der Waals surface area contributed by atoms with Gasteiger partial charge in [0.25, 0.3) is 0 Å². The van der Waals surface area contributed by atoms with Crippen molar-refractivity contribution in [2.24, 2.45) is 0 Å². The number of carboxylic acids is 2. The number of carbonyl (C=O) groups is 2. The van der Waals surface area contributed by atoms with Crippen molar-refractivity contribution in [3.8, 4) is 0 Å². The zero-order valence-corrected chi connectivity index (χ0v) is 4.79. The predicted octanol–water partition coefficient (Wildman–Crippen LogP) is -0.547. The summed E-state index contributed by atoms with van der Waals surface area (Å²) in [6.45, 7) is 1.22. The van der Waals surface area contributed by atoms with E-state index in [4.69, 9.17) is 10.2 Å². The molecule has 0 aromatic rings. The van der Waals surface area contributed by atoms with Gasteiger partial charge >= 0.3 is 41.5 Å². The van der Waals surface area contributed by atoms with Crippen LogP contribution in [-0.2, 0) is 9.59 Å². The Bertz CT molecular complexity index is 172. The maximum absolute atomic E-state index is 9.90. The molecule has 0 fully saturated rings. The second-order valence-electron chi connectivity index (χ2n) is 1.47. The van der Waals surface area contributed by atoms with Gasteiger partial charge in [-0.3, -0.25) is 0 Å². The van der Waals surface area contributed by atoms with E-state index in [9.17, 15) is 9.59 Å². The van der Waals surface area contributed by atoms with Gasteiger partial charge in [0.1, 0.15) is 0 Å². The van der Waals surface area contributed by atoms with Crippen molar-refractivity contribution in [1.29, 1.82) is 0 Å². The van der Waals surface area contributed by atoms with E-state index in [-0.39, 0.29) is 35.1 Å². The van der Waals surface area contributed by atoms with Gasteiger partial charge in [-0.15, -0.1) is 0 Å². The van der Waals surface area contributed by atoms with Crippen LogP contribution in [0.5, 0.6) is 0 Å². The maximum atomic E-state index is 9.90. The predicted molar refractivity (Wildman–Crippen MR) is 36.2 cm³/mol. The van der Waals surface area contributed by atoms with Crippen molar-refractivity contribution in [2.75, 3.05) is 0 Å². The van der Waals surface area contributed by atoms with Crippen LogP contribution in [-0.4, -0.2) is 51.7 Å². The SMILES string of the molecule is CC(=CC(=O)O)C(=O)O.[NaH]. The second kappa shape index (κ2) is 5.46. The van der Waals surface area contributed by atoms with Crippen molar-refractivity contribution in [2.45, 2.75) is 6.92 Å². The third-order valence-electron chi connectivity index (χ3n) is 0.677. The van der Waals surface area contributed by atoms with Crippen molar-refractivity contribution >= 4 is 41.5 Å². The van der Waals surface area contributed by atoms with E-state index in [1.165, 1.54) is 6.92 Å². The molecule has 0 aromatic carbocycles. The molecular weight excluding hydrogens is 147 g/mol. The first kappa shape index (κ1) is 12.4. The summed E-state index contributed by atoms with van der Waals surface area (Å²) in [5.41, 5.74) is -0.178. The molecule has 0 aliphatic carbocycles. The van der Waals surface area contributed by atoms with E-state index >= 15 is 0 Å². The Labute approximate surface area is 79.8 Å². The van der Waals surface area contributed by atoms with E-state index in [0.29, 0.717) is 6.08 Å². The summed E-state index contributed by atoms with van der Waals surface area (Å²) in [7, 11) is 0. The van der Waals surface area contributed by atoms with Crippen LogP contribution in [0, 0.1) is 0 Å². The van der Waals surface area contributed by atoms with E-state index in [0.717, 1.165) is 0 Å². The normalized spacial score (nSPS) is 9.90. The molecule has 0 atom stereocenters. The molecule has 0 bridgehead atoms. The van der Waals surface area contributed by atoms with Gasteiger partial charge < -0.3 is 10.2 Å². The minimum atomic E-state index is -1.24. The van der Waals surface area contributed by atoms with E-state index in [2.05, 4.69) is 0 Å². The number of hydrogen-bond acceptors (Lipinski definition) is 2. The molecule has 0 spiro atoms. The summed E-state index contributed by atoms with van der Waals surface area (Å²) in [5.74, 6) is -2.45. The zero-order valence-electron chi connectivity index (χ0n) is 4.79. The van der Waals surface area contributed by atoms with Gasteiger partial charge in [-0.25, -0.2) is 9.59 Å². The van der Waals surface area contributed by atoms with Gasteiger partial charge in [-0.05, 0) is 6.92 Å². The Morgan fingerprint density at radius 3 is 1.80 bits per heavy atom. The molecular formula is C5H7NaO4. The Hall–Kier alpha value is -0.320. The first-order valence-electron chi connectivity index (χ1n) is 2.18. The fourth-order valence-electron chi connectivity index (χ4n) is 0.247. The molecule has 0 radical (unpaired) electrons. The molecule has 5 heteroatoms. The Morgan fingerprint density at radius 2 is 1.70 bits per heavy atom. The van der Waals surface area contributed by atoms with Crippen LogP contribution in [0.15, 0.2) is 11.6 Å². The molecule has 0 aliphatic heterocycles. The Kier molecular flexibility index (Phi) is 6.76.